The Morgan fingerprint density at radius 3 is 2.20 bits per heavy atom. The van der Waals surface area contributed by atoms with E-state index in [4.69, 9.17) is 0 Å². The number of sulfonamides is 1. The molecule has 1 heterocycles. The number of hydrogen-bond acceptors (Lipinski definition) is 8. The van der Waals surface area contributed by atoms with Crippen LogP contribution in [0.4, 0.5) is 0 Å². The molecule has 13 heteroatoms. The van der Waals surface area contributed by atoms with E-state index < -0.39 is 52.0 Å². The van der Waals surface area contributed by atoms with Gasteiger partial charge >= 0.3 is 0 Å². The molecule has 268 valence electrons. The molecule has 11 nitrogen and oxygen atoms in total. The van der Waals surface area contributed by atoms with Crippen LogP contribution < -0.4 is 20.7 Å². The normalized spacial score (nSPS) is 15.0. The van der Waals surface area contributed by atoms with E-state index in [2.05, 4.69) is 25.7 Å². The number of carbonyl (C=O) groups is 3. The second-order valence-corrected chi connectivity index (χ2v) is 15.8. The zero-order valence-electron chi connectivity index (χ0n) is 29.2. The SMILES string of the molecule is CSCC[C@H](NS(=O)(=O)c1cccc2cccnc12)C(=O)N[C@@H](CC(C)C)[C@@H](O)C[C@@H](C)C(=O)N[C@H](C(=O)NCc1ccccc1)C(C)C. The van der Waals surface area contributed by atoms with Gasteiger partial charge in [-0.1, -0.05) is 83.1 Å². The second kappa shape index (κ2) is 19.0. The Morgan fingerprint density at radius 2 is 1.55 bits per heavy atom. The molecule has 0 unspecified atom stereocenters. The van der Waals surface area contributed by atoms with Gasteiger partial charge in [-0.15, -0.1) is 0 Å². The summed E-state index contributed by atoms with van der Waals surface area (Å²) in [7, 11) is -4.15. The van der Waals surface area contributed by atoms with Gasteiger partial charge in [-0.2, -0.15) is 16.5 Å². The predicted molar refractivity (Wildman–Crippen MR) is 195 cm³/mol. The van der Waals surface area contributed by atoms with Crippen LogP contribution in [0, 0.1) is 17.8 Å². The minimum Gasteiger partial charge on any atom is -0.391 e. The molecule has 49 heavy (non-hydrogen) atoms. The van der Waals surface area contributed by atoms with Crippen molar-refractivity contribution in [2.45, 2.75) is 89.6 Å². The van der Waals surface area contributed by atoms with E-state index in [-0.39, 0.29) is 35.5 Å². The lowest BCUT2D eigenvalue weighted by molar-refractivity contribution is -0.132. The van der Waals surface area contributed by atoms with Crippen molar-refractivity contribution in [3.63, 3.8) is 0 Å². The number of pyridine rings is 1. The summed E-state index contributed by atoms with van der Waals surface area (Å²) in [5, 5.41) is 20.6. The number of thioether (sulfide) groups is 1. The molecule has 3 rings (SSSR count). The third-order valence-corrected chi connectivity index (χ3v) is 10.4. The molecule has 0 aliphatic rings. The molecular formula is C36H51N5O6S2. The zero-order valence-corrected chi connectivity index (χ0v) is 30.8. The van der Waals surface area contributed by atoms with Gasteiger partial charge in [0.2, 0.25) is 27.7 Å². The summed E-state index contributed by atoms with van der Waals surface area (Å²) in [4.78, 5) is 44.2. The Balaban J connectivity index is 1.70. The number of benzene rings is 2. The Kier molecular flexibility index (Phi) is 15.5. The monoisotopic (exact) mass is 713 g/mol. The van der Waals surface area contributed by atoms with Crippen molar-refractivity contribution >= 4 is 50.4 Å². The van der Waals surface area contributed by atoms with E-state index in [0.717, 1.165) is 5.56 Å². The number of fused-ring (bicyclic) bond motifs is 1. The second-order valence-electron chi connectivity index (χ2n) is 13.2. The maximum atomic E-state index is 13.7. The number of hydrogen-bond donors (Lipinski definition) is 5. The number of rotatable bonds is 19. The van der Waals surface area contributed by atoms with Gasteiger partial charge < -0.3 is 21.1 Å². The average molecular weight is 714 g/mol. The smallest absolute Gasteiger partial charge is 0.243 e. The Hall–Kier alpha value is -3.52. The van der Waals surface area contributed by atoms with Crippen LogP contribution >= 0.6 is 11.8 Å². The standard InChI is InChI=1S/C36H51N5O6S2/c1-23(2)20-29(30(42)21-25(5)34(43)40-32(24(3)4)36(45)38-22-26-12-8-7-9-13-26)39-35(44)28(17-19-48-6)41-49(46,47)31-16-10-14-27-15-11-18-37-33(27)31/h7-16,18,23-25,28-30,32,41-42H,17,19-22H2,1-6H3,(H,38,45)(H,39,44)(H,40,43)/t25-,28+,29+,30+,32+/m1/s1. The topological polar surface area (TPSA) is 167 Å². The van der Waals surface area contributed by atoms with Crippen LogP contribution in [0.25, 0.3) is 10.9 Å². The first-order valence-corrected chi connectivity index (χ1v) is 19.6. The van der Waals surface area contributed by atoms with E-state index in [1.807, 2.05) is 64.3 Å². The Labute approximate surface area is 294 Å². The van der Waals surface area contributed by atoms with Gasteiger partial charge in [0.1, 0.15) is 17.0 Å². The molecule has 0 aliphatic carbocycles. The predicted octanol–water partition coefficient (Wildman–Crippen LogP) is 4.01. The number of aliphatic hydroxyl groups excluding tert-OH is 1. The van der Waals surface area contributed by atoms with Gasteiger partial charge in [0.15, 0.2) is 0 Å². The summed E-state index contributed by atoms with van der Waals surface area (Å²) in [6.07, 6.45) is 2.90. The highest BCUT2D eigenvalue weighted by molar-refractivity contribution is 7.98. The number of nitrogens with zero attached hydrogens (tertiary/aromatic N) is 1. The molecule has 1 aromatic heterocycles. The van der Waals surface area contributed by atoms with Gasteiger partial charge in [-0.25, -0.2) is 8.42 Å². The van der Waals surface area contributed by atoms with Crippen molar-refractivity contribution in [1.82, 2.24) is 25.7 Å². The van der Waals surface area contributed by atoms with Crippen LogP contribution in [0.5, 0.6) is 0 Å². The van der Waals surface area contributed by atoms with Gasteiger partial charge in [0, 0.05) is 24.0 Å². The zero-order chi connectivity index (χ0) is 36.1. The molecule has 3 amide bonds. The number of carbonyl (C=O) groups excluding carboxylic acids is 3. The van der Waals surface area contributed by atoms with E-state index in [1.54, 1.807) is 31.2 Å². The quantitative estimate of drug-likeness (QED) is 0.124. The lowest BCUT2D eigenvalue weighted by atomic mass is 9.91. The van der Waals surface area contributed by atoms with Crippen LogP contribution in [0.2, 0.25) is 0 Å². The first-order valence-electron chi connectivity index (χ1n) is 16.7. The maximum Gasteiger partial charge on any atom is 0.243 e. The van der Waals surface area contributed by atoms with Gasteiger partial charge in [0.25, 0.3) is 0 Å². The minimum absolute atomic E-state index is 0.0167. The number of para-hydroxylation sites is 1. The number of nitrogens with one attached hydrogen (secondary N) is 4. The Bertz CT molecular complexity index is 1630. The molecule has 0 spiro atoms. The molecule has 5 N–H and O–H groups in total. The fourth-order valence-corrected chi connectivity index (χ4v) is 7.37. The van der Waals surface area contributed by atoms with Gasteiger partial charge in [-0.05, 0) is 60.8 Å². The first-order chi connectivity index (χ1) is 23.2. The maximum absolute atomic E-state index is 13.7. The van der Waals surface area contributed by atoms with Crippen molar-refractivity contribution in [1.29, 1.82) is 0 Å². The van der Waals surface area contributed by atoms with Crippen molar-refractivity contribution in [2.24, 2.45) is 17.8 Å². The summed E-state index contributed by atoms with van der Waals surface area (Å²) in [6.45, 7) is 9.59. The molecule has 0 saturated heterocycles. The molecule has 5 atom stereocenters. The molecule has 0 radical (unpaired) electrons. The summed E-state index contributed by atoms with van der Waals surface area (Å²) >= 11 is 1.48. The summed E-state index contributed by atoms with van der Waals surface area (Å²) in [5.41, 5.74) is 1.24. The average Bonchev–Trinajstić information content (AvgIpc) is 3.07. The van der Waals surface area contributed by atoms with Crippen LogP contribution in [0.1, 0.15) is 59.4 Å². The number of aliphatic hydroxyl groups is 1. The van der Waals surface area contributed by atoms with Crippen LogP contribution in [0.15, 0.2) is 71.8 Å². The Morgan fingerprint density at radius 1 is 0.857 bits per heavy atom. The van der Waals surface area contributed by atoms with E-state index in [0.29, 0.717) is 29.6 Å². The van der Waals surface area contributed by atoms with Crippen LogP contribution in [-0.2, 0) is 31.0 Å². The van der Waals surface area contributed by atoms with Crippen molar-refractivity contribution in [3.05, 3.63) is 72.4 Å². The highest BCUT2D eigenvalue weighted by atomic mass is 32.2. The lowest BCUT2D eigenvalue weighted by Crippen LogP contribution is -2.54. The van der Waals surface area contributed by atoms with Crippen LogP contribution in [-0.4, -0.2) is 72.5 Å². The molecule has 3 aromatic rings. The van der Waals surface area contributed by atoms with Crippen molar-refractivity contribution in [3.8, 4) is 0 Å². The highest BCUT2D eigenvalue weighted by Gasteiger charge is 2.33. The van der Waals surface area contributed by atoms with E-state index in [1.165, 1.54) is 24.0 Å². The number of aromatic nitrogens is 1. The van der Waals surface area contributed by atoms with Gasteiger partial charge in [-0.3, -0.25) is 19.4 Å². The summed E-state index contributed by atoms with van der Waals surface area (Å²) in [5.74, 6) is -1.54. The van der Waals surface area contributed by atoms with E-state index in [9.17, 15) is 27.9 Å². The largest absolute Gasteiger partial charge is 0.391 e. The van der Waals surface area contributed by atoms with Crippen molar-refractivity contribution in [2.75, 3.05) is 12.0 Å². The molecular weight excluding hydrogens is 663 g/mol. The fraction of sp³-hybridized carbons (Fsp3) is 0.500. The van der Waals surface area contributed by atoms with Crippen LogP contribution in [0.3, 0.4) is 0 Å². The summed E-state index contributed by atoms with van der Waals surface area (Å²) in [6, 6.07) is 15.2. The lowest BCUT2D eigenvalue weighted by Gasteiger charge is -2.30. The summed E-state index contributed by atoms with van der Waals surface area (Å²) < 4.78 is 29.7. The fourth-order valence-electron chi connectivity index (χ4n) is 5.49. The van der Waals surface area contributed by atoms with E-state index >= 15 is 0 Å². The minimum atomic E-state index is -4.15. The third-order valence-electron chi connectivity index (χ3n) is 8.23. The highest BCUT2D eigenvalue weighted by Crippen LogP contribution is 2.22. The molecule has 0 fully saturated rings. The molecule has 0 aliphatic heterocycles. The first kappa shape index (κ1) is 39.9. The molecule has 0 bridgehead atoms. The molecule has 0 saturated carbocycles. The van der Waals surface area contributed by atoms with Gasteiger partial charge in [0.05, 0.1) is 17.7 Å². The van der Waals surface area contributed by atoms with Crippen molar-refractivity contribution < 1.29 is 27.9 Å². The third kappa shape index (κ3) is 12.1. The number of amides is 3. The molecule has 2 aromatic carbocycles.